The molecule has 0 unspecified atom stereocenters. The summed E-state index contributed by atoms with van der Waals surface area (Å²) in [6, 6.07) is 5.59. The minimum atomic E-state index is -0.188. The van der Waals surface area contributed by atoms with Gasteiger partial charge in [0.05, 0.1) is 5.56 Å². The monoisotopic (exact) mass is 423 g/mol. The second-order valence-electron chi connectivity index (χ2n) is 3.20. The van der Waals surface area contributed by atoms with Crippen molar-refractivity contribution in [1.82, 2.24) is 10.2 Å². The number of anilines is 1. The van der Waals surface area contributed by atoms with E-state index in [1.165, 1.54) is 11.3 Å². The molecule has 1 amide bonds. The predicted octanol–water partition coefficient (Wildman–Crippen LogP) is 3.47. The Morgan fingerprint density at radius 3 is 2.88 bits per heavy atom. The third-order valence-electron chi connectivity index (χ3n) is 1.92. The molecule has 7 heteroatoms. The van der Waals surface area contributed by atoms with Gasteiger partial charge in [0.25, 0.3) is 5.91 Å². The molecule has 0 saturated heterocycles. The molecule has 88 valence electrons. The molecule has 0 fully saturated rings. The maximum atomic E-state index is 12.0. The molecular formula is C10H7BrIN3OS. The van der Waals surface area contributed by atoms with Crippen LogP contribution in [-0.2, 0) is 0 Å². The van der Waals surface area contributed by atoms with Crippen molar-refractivity contribution in [3.05, 3.63) is 36.8 Å². The van der Waals surface area contributed by atoms with Crippen molar-refractivity contribution in [2.24, 2.45) is 0 Å². The molecule has 2 aromatic rings. The summed E-state index contributed by atoms with van der Waals surface area (Å²) in [6.45, 7) is 1.84. The molecule has 2 rings (SSSR count). The Kier molecular flexibility index (Phi) is 4.10. The average molecular weight is 424 g/mol. The Bertz CT molecular complexity index is 572. The van der Waals surface area contributed by atoms with Gasteiger partial charge in [-0.3, -0.25) is 10.1 Å². The van der Waals surface area contributed by atoms with Crippen molar-refractivity contribution >= 4 is 60.9 Å². The van der Waals surface area contributed by atoms with E-state index in [0.29, 0.717) is 10.7 Å². The summed E-state index contributed by atoms with van der Waals surface area (Å²) in [5.74, 6) is -0.188. The summed E-state index contributed by atoms with van der Waals surface area (Å²) in [5.41, 5.74) is 0.588. The van der Waals surface area contributed by atoms with Gasteiger partial charge in [0.1, 0.15) is 5.01 Å². The fourth-order valence-electron chi connectivity index (χ4n) is 1.18. The van der Waals surface area contributed by atoms with Crippen molar-refractivity contribution in [3.63, 3.8) is 0 Å². The SMILES string of the molecule is Cc1nnc(NC(=O)c2cc(I)ccc2Br)s1. The van der Waals surface area contributed by atoms with Gasteiger partial charge >= 0.3 is 0 Å². The molecule has 0 saturated carbocycles. The highest BCUT2D eigenvalue weighted by molar-refractivity contribution is 14.1. The summed E-state index contributed by atoms with van der Waals surface area (Å²) in [5, 5.41) is 11.7. The first-order valence-electron chi connectivity index (χ1n) is 4.63. The summed E-state index contributed by atoms with van der Waals surface area (Å²) >= 11 is 6.87. The van der Waals surface area contributed by atoms with Crippen LogP contribution in [0.25, 0.3) is 0 Å². The molecular weight excluding hydrogens is 417 g/mol. The number of nitrogens with zero attached hydrogens (tertiary/aromatic N) is 2. The molecule has 0 aliphatic heterocycles. The molecule has 0 spiro atoms. The Balaban J connectivity index is 2.22. The van der Waals surface area contributed by atoms with Crippen molar-refractivity contribution in [3.8, 4) is 0 Å². The fraction of sp³-hybridized carbons (Fsp3) is 0.100. The van der Waals surface area contributed by atoms with Crippen molar-refractivity contribution < 1.29 is 4.79 Å². The Labute approximate surface area is 124 Å². The topological polar surface area (TPSA) is 54.9 Å². The molecule has 1 N–H and O–H groups in total. The number of aryl methyl sites for hydroxylation is 1. The lowest BCUT2D eigenvalue weighted by atomic mass is 10.2. The normalized spacial score (nSPS) is 10.3. The fourth-order valence-corrected chi connectivity index (χ4v) is 2.69. The highest BCUT2D eigenvalue weighted by Gasteiger charge is 2.12. The van der Waals surface area contributed by atoms with Crippen LogP contribution in [0.2, 0.25) is 0 Å². The van der Waals surface area contributed by atoms with Crippen molar-refractivity contribution in [2.45, 2.75) is 6.92 Å². The zero-order valence-electron chi connectivity index (χ0n) is 8.70. The predicted molar refractivity (Wildman–Crippen MR) is 79.5 cm³/mol. The molecule has 4 nitrogen and oxygen atoms in total. The maximum Gasteiger partial charge on any atom is 0.258 e. The zero-order chi connectivity index (χ0) is 12.4. The van der Waals surface area contributed by atoms with Crippen LogP contribution in [0.3, 0.4) is 0 Å². The summed E-state index contributed by atoms with van der Waals surface area (Å²) in [4.78, 5) is 12.0. The number of hydrogen-bond acceptors (Lipinski definition) is 4. The quantitative estimate of drug-likeness (QED) is 0.752. The van der Waals surface area contributed by atoms with Crippen LogP contribution in [0.15, 0.2) is 22.7 Å². The maximum absolute atomic E-state index is 12.0. The first kappa shape index (κ1) is 12.9. The van der Waals surface area contributed by atoms with Gasteiger partial charge in [-0.15, -0.1) is 10.2 Å². The highest BCUT2D eigenvalue weighted by atomic mass is 127. The van der Waals surface area contributed by atoms with E-state index >= 15 is 0 Å². The summed E-state index contributed by atoms with van der Waals surface area (Å²) in [7, 11) is 0. The number of benzene rings is 1. The molecule has 1 aromatic heterocycles. The number of carbonyl (C=O) groups excluding carboxylic acids is 1. The number of carbonyl (C=O) groups is 1. The van der Waals surface area contributed by atoms with Crippen LogP contribution in [0.1, 0.15) is 15.4 Å². The van der Waals surface area contributed by atoms with Crippen LogP contribution in [-0.4, -0.2) is 16.1 Å². The van der Waals surface area contributed by atoms with E-state index in [2.05, 4.69) is 54.0 Å². The van der Waals surface area contributed by atoms with E-state index in [1.54, 1.807) is 0 Å². The van der Waals surface area contributed by atoms with Gasteiger partial charge in [-0.05, 0) is 63.6 Å². The standard InChI is InChI=1S/C10H7BrIN3OS/c1-5-14-15-10(17-5)13-9(16)7-4-6(12)2-3-8(7)11/h2-4H,1H3,(H,13,15,16). The molecule has 0 aliphatic carbocycles. The van der Waals surface area contributed by atoms with E-state index in [4.69, 9.17) is 0 Å². The van der Waals surface area contributed by atoms with E-state index in [-0.39, 0.29) is 5.91 Å². The summed E-state index contributed by atoms with van der Waals surface area (Å²) < 4.78 is 1.76. The van der Waals surface area contributed by atoms with Gasteiger partial charge in [0, 0.05) is 8.04 Å². The minimum absolute atomic E-state index is 0.188. The number of rotatable bonds is 2. The van der Waals surface area contributed by atoms with E-state index in [9.17, 15) is 4.79 Å². The van der Waals surface area contributed by atoms with Gasteiger partial charge in [-0.2, -0.15) is 0 Å². The van der Waals surface area contributed by atoms with E-state index in [1.807, 2.05) is 25.1 Å². The average Bonchev–Trinajstić information content (AvgIpc) is 2.67. The van der Waals surface area contributed by atoms with E-state index in [0.717, 1.165) is 13.1 Å². The second-order valence-corrected chi connectivity index (χ2v) is 6.49. The lowest BCUT2D eigenvalue weighted by Crippen LogP contribution is -2.12. The van der Waals surface area contributed by atoms with Gasteiger partial charge in [0.2, 0.25) is 5.13 Å². The molecule has 17 heavy (non-hydrogen) atoms. The molecule has 0 aliphatic rings. The minimum Gasteiger partial charge on any atom is -0.296 e. The van der Waals surface area contributed by atoms with Gasteiger partial charge < -0.3 is 0 Å². The van der Waals surface area contributed by atoms with Gasteiger partial charge in [-0.25, -0.2) is 0 Å². The first-order valence-corrected chi connectivity index (χ1v) is 7.31. The lowest BCUT2D eigenvalue weighted by molar-refractivity contribution is 0.102. The third-order valence-corrected chi connectivity index (χ3v) is 4.04. The van der Waals surface area contributed by atoms with Crippen LogP contribution >= 0.6 is 49.9 Å². The molecule has 0 bridgehead atoms. The third kappa shape index (κ3) is 3.23. The van der Waals surface area contributed by atoms with Crippen LogP contribution < -0.4 is 5.32 Å². The largest absolute Gasteiger partial charge is 0.296 e. The van der Waals surface area contributed by atoms with Crippen LogP contribution in [0, 0.1) is 10.5 Å². The van der Waals surface area contributed by atoms with E-state index < -0.39 is 0 Å². The molecule has 1 heterocycles. The first-order chi connectivity index (χ1) is 8.06. The summed E-state index contributed by atoms with van der Waals surface area (Å²) in [6.07, 6.45) is 0. The van der Waals surface area contributed by atoms with Crippen molar-refractivity contribution in [1.29, 1.82) is 0 Å². The molecule has 1 aromatic carbocycles. The number of nitrogens with one attached hydrogen (secondary N) is 1. The number of aromatic nitrogens is 2. The smallest absolute Gasteiger partial charge is 0.258 e. The zero-order valence-corrected chi connectivity index (χ0v) is 13.3. The molecule has 0 atom stereocenters. The number of amides is 1. The van der Waals surface area contributed by atoms with Gasteiger partial charge in [-0.1, -0.05) is 11.3 Å². The lowest BCUT2D eigenvalue weighted by Gasteiger charge is -2.04. The Morgan fingerprint density at radius 2 is 2.24 bits per heavy atom. The number of hydrogen-bond donors (Lipinski definition) is 1. The van der Waals surface area contributed by atoms with Crippen LogP contribution in [0.5, 0.6) is 0 Å². The number of halogens is 2. The van der Waals surface area contributed by atoms with Crippen molar-refractivity contribution in [2.75, 3.05) is 5.32 Å². The second kappa shape index (κ2) is 5.40. The Morgan fingerprint density at radius 1 is 1.47 bits per heavy atom. The van der Waals surface area contributed by atoms with Gasteiger partial charge in [0.15, 0.2) is 0 Å². The van der Waals surface area contributed by atoms with Crippen LogP contribution in [0.4, 0.5) is 5.13 Å². The Hall–Kier alpha value is -0.540. The highest BCUT2D eigenvalue weighted by Crippen LogP contribution is 2.21. The molecule has 0 radical (unpaired) electrons.